The summed E-state index contributed by atoms with van der Waals surface area (Å²) in [7, 11) is 0. The fourth-order valence-electron chi connectivity index (χ4n) is 5.08. The molecule has 1 fully saturated rings. The molecule has 6 rings (SSSR count). The zero-order chi connectivity index (χ0) is 27.3. The summed E-state index contributed by atoms with van der Waals surface area (Å²) in [4.78, 5) is 65.0. The van der Waals surface area contributed by atoms with Crippen LogP contribution in [0.15, 0.2) is 84.9 Å². The Bertz CT molecular complexity index is 1730. The lowest BCUT2D eigenvalue weighted by Crippen LogP contribution is -2.29. The zero-order valence-electron chi connectivity index (χ0n) is 20.3. The number of carbonyl (C=O) groups is 4. The van der Waals surface area contributed by atoms with Gasteiger partial charge in [-0.2, -0.15) is 0 Å². The highest BCUT2D eigenvalue weighted by molar-refractivity contribution is 6.35. The SMILES string of the molecule is O=C(Oc1cccc(N2C(=O)c3cccc([N+](=O)[O-])c3C2=O)c1)[C@H]1CC(=O)N(c2cccc3ccccc23)C1. The van der Waals surface area contributed by atoms with E-state index in [1.54, 1.807) is 4.90 Å². The Labute approximate surface area is 221 Å². The van der Waals surface area contributed by atoms with Crippen LogP contribution in [0.4, 0.5) is 17.1 Å². The molecule has 39 heavy (non-hydrogen) atoms. The summed E-state index contributed by atoms with van der Waals surface area (Å²) >= 11 is 0. The van der Waals surface area contributed by atoms with Gasteiger partial charge in [0, 0.05) is 30.5 Å². The number of hydrogen-bond acceptors (Lipinski definition) is 7. The largest absolute Gasteiger partial charge is 0.426 e. The van der Waals surface area contributed by atoms with Crippen LogP contribution in [-0.4, -0.2) is 35.2 Å². The second kappa shape index (κ2) is 9.18. The summed E-state index contributed by atoms with van der Waals surface area (Å²) < 4.78 is 5.55. The van der Waals surface area contributed by atoms with Gasteiger partial charge in [-0.05, 0) is 29.7 Å². The topological polar surface area (TPSA) is 127 Å². The Balaban J connectivity index is 1.22. The maximum atomic E-state index is 13.0. The Hall–Kier alpha value is -5.38. The molecule has 0 unspecified atom stereocenters. The van der Waals surface area contributed by atoms with E-state index in [2.05, 4.69) is 0 Å². The average molecular weight is 521 g/mol. The Morgan fingerprint density at radius 3 is 2.46 bits per heavy atom. The molecular formula is C29H19N3O7. The predicted molar refractivity (Wildman–Crippen MR) is 141 cm³/mol. The van der Waals surface area contributed by atoms with Crippen LogP contribution >= 0.6 is 0 Å². The third-order valence-corrected chi connectivity index (χ3v) is 6.90. The molecule has 2 heterocycles. The molecule has 4 aromatic carbocycles. The Morgan fingerprint density at radius 1 is 0.897 bits per heavy atom. The van der Waals surface area contributed by atoms with Crippen molar-refractivity contribution in [3.05, 3.63) is 106 Å². The monoisotopic (exact) mass is 521 g/mol. The van der Waals surface area contributed by atoms with E-state index in [4.69, 9.17) is 4.74 Å². The van der Waals surface area contributed by atoms with E-state index in [1.807, 2.05) is 42.5 Å². The quantitative estimate of drug-likeness (QED) is 0.124. The molecule has 1 atom stereocenters. The van der Waals surface area contributed by atoms with Crippen LogP contribution in [0.1, 0.15) is 27.1 Å². The van der Waals surface area contributed by atoms with Gasteiger partial charge >= 0.3 is 5.97 Å². The van der Waals surface area contributed by atoms with Crippen LogP contribution in [0.2, 0.25) is 0 Å². The number of esters is 1. The van der Waals surface area contributed by atoms with E-state index >= 15 is 0 Å². The number of carbonyl (C=O) groups excluding carboxylic acids is 4. The van der Waals surface area contributed by atoms with Gasteiger partial charge in [-0.25, -0.2) is 4.90 Å². The molecular weight excluding hydrogens is 502 g/mol. The second-order valence-electron chi connectivity index (χ2n) is 9.22. The minimum absolute atomic E-state index is 0.0240. The van der Waals surface area contributed by atoms with Crippen molar-refractivity contribution in [1.29, 1.82) is 0 Å². The first-order chi connectivity index (χ1) is 18.8. The summed E-state index contributed by atoms with van der Waals surface area (Å²) in [5, 5.41) is 13.3. The van der Waals surface area contributed by atoms with E-state index in [-0.39, 0.29) is 41.4 Å². The van der Waals surface area contributed by atoms with Crippen LogP contribution < -0.4 is 14.5 Å². The number of hydrogen-bond donors (Lipinski definition) is 0. The lowest BCUT2D eigenvalue weighted by atomic mass is 10.1. The number of nitro groups is 1. The van der Waals surface area contributed by atoms with Crippen molar-refractivity contribution >= 4 is 51.5 Å². The van der Waals surface area contributed by atoms with Gasteiger partial charge in [0.05, 0.1) is 27.8 Å². The summed E-state index contributed by atoms with van der Waals surface area (Å²) in [6.07, 6.45) is -0.0240. The van der Waals surface area contributed by atoms with Gasteiger partial charge in [-0.1, -0.05) is 48.5 Å². The van der Waals surface area contributed by atoms with Gasteiger partial charge in [0.25, 0.3) is 17.5 Å². The first-order valence-corrected chi connectivity index (χ1v) is 12.1. The van der Waals surface area contributed by atoms with Crippen molar-refractivity contribution in [2.75, 3.05) is 16.3 Å². The van der Waals surface area contributed by atoms with Crippen LogP contribution in [0.5, 0.6) is 5.75 Å². The fraction of sp³-hybridized carbons (Fsp3) is 0.103. The lowest BCUT2D eigenvalue weighted by molar-refractivity contribution is -0.385. The zero-order valence-corrected chi connectivity index (χ0v) is 20.3. The highest BCUT2D eigenvalue weighted by Crippen LogP contribution is 2.36. The molecule has 10 heteroatoms. The number of nitrogens with zero attached hydrogens (tertiary/aromatic N) is 3. The van der Waals surface area contributed by atoms with E-state index in [0.29, 0.717) is 0 Å². The van der Waals surface area contributed by atoms with Crippen LogP contribution in [0.25, 0.3) is 10.8 Å². The minimum Gasteiger partial charge on any atom is -0.426 e. The van der Waals surface area contributed by atoms with Crippen LogP contribution in [-0.2, 0) is 9.59 Å². The molecule has 0 saturated carbocycles. The summed E-state index contributed by atoms with van der Waals surface area (Å²) in [5.41, 5.74) is -0.00383. The smallest absolute Gasteiger partial charge is 0.316 e. The van der Waals surface area contributed by atoms with Gasteiger partial charge in [-0.3, -0.25) is 29.3 Å². The van der Waals surface area contributed by atoms with Crippen molar-refractivity contribution in [2.24, 2.45) is 5.92 Å². The minimum atomic E-state index is -0.835. The molecule has 10 nitrogen and oxygen atoms in total. The molecule has 3 amide bonds. The number of benzene rings is 4. The summed E-state index contributed by atoms with van der Waals surface area (Å²) in [6, 6.07) is 23.0. The number of ether oxygens (including phenoxy) is 1. The van der Waals surface area contributed by atoms with Gasteiger partial charge in [0.2, 0.25) is 5.91 Å². The fourth-order valence-corrected chi connectivity index (χ4v) is 5.08. The van der Waals surface area contributed by atoms with E-state index < -0.39 is 34.3 Å². The van der Waals surface area contributed by atoms with Crippen molar-refractivity contribution in [2.45, 2.75) is 6.42 Å². The maximum Gasteiger partial charge on any atom is 0.316 e. The lowest BCUT2D eigenvalue weighted by Gasteiger charge is -2.19. The van der Waals surface area contributed by atoms with Gasteiger partial charge in [0.15, 0.2) is 0 Å². The molecule has 1 saturated heterocycles. The highest BCUT2D eigenvalue weighted by Gasteiger charge is 2.42. The maximum absolute atomic E-state index is 13.0. The molecule has 0 radical (unpaired) electrons. The number of amides is 3. The molecule has 2 aliphatic heterocycles. The van der Waals surface area contributed by atoms with E-state index in [0.717, 1.165) is 27.4 Å². The average Bonchev–Trinajstić information content (AvgIpc) is 3.45. The molecule has 2 aliphatic rings. The number of nitro benzene ring substituents is 1. The van der Waals surface area contributed by atoms with Gasteiger partial charge in [0.1, 0.15) is 11.3 Å². The Kier molecular flexibility index (Phi) is 5.64. The molecule has 0 N–H and O–H groups in total. The molecule has 0 aromatic heterocycles. The van der Waals surface area contributed by atoms with Crippen molar-refractivity contribution in [3.63, 3.8) is 0 Å². The summed E-state index contributed by atoms with van der Waals surface area (Å²) in [6.45, 7) is 0.146. The van der Waals surface area contributed by atoms with Gasteiger partial charge in [-0.15, -0.1) is 0 Å². The molecule has 0 spiro atoms. The third kappa shape index (κ3) is 3.98. The van der Waals surface area contributed by atoms with Gasteiger partial charge < -0.3 is 9.64 Å². The van der Waals surface area contributed by atoms with Crippen molar-refractivity contribution < 1.29 is 28.8 Å². The number of fused-ring (bicyclic) bond motifs is 2. The molecule has 192 valence electrons. The number of imide groups is 1. The van der Waals surface area contributed by atoms with Crippen LogP contribution in [0, 0.1) is 16.0 Å². The molecule has 0 bridgehead atoms. The first kappa shape index (κ1) is 24.0. The summed E-state index contributed by atoms with van der Waals surface area (Å²) in [5.74, 6) is -3.02. The Morgan fingerprint density at radius 2 is 1.64 bits per heavy atom. The van der Waals surface area contributed by atoms with E-state index in [1.165, 1.54) is 36.4 Å². The first-order valence-electron chi connectivity index (χ1n) is 12.1. The third-order valence-electron chi connectivity index (χ3n) is 6.90. The number of rotatable bonds is 5. The van der Waals surface area contributed by atoms with E-state index in [9.17, 15) is 29.3 Å². The number of anilines is 2. The molecule has 4 aromatic rings. The molecule has 0 aliphatic carbocycles. The second-order valence-corrected chi connectivity index (χ2v) is 9.22. The van der Waals surface area contributed by atoms with Crippen LogP contribution in [0.3, 0.4) is 0 Å². The standard InChI is InChI=1S/C29H19N3O7/c33-25-14-18(16-30(25)23-12-3-7-17-6-1-2-10-21(17)23)29(36)39-20-9-4-8-19(15-20)31-27(34)22-11-5-13-24(32(37)38)26(22)28(31)35/h1-13,15,18H,14,16H2/t18-/m0/s1. The highest BCUT2D eigenvalue weighted by atomic mass is 16.6. The normalized spacial score (nSPS) is 16.6. The predicted octanol–water partition coefficient (Wildman–Crippen LogP) is 4.51. The van der Waals surface area contributed by atoms with Crippen molar-refractivity contribution in [1.82, 2.24) is 0 Å². The van der Waals surface area contributed by atoms with Crippen molar-refractivity contribution in [3.8, 4) is 5.75 Å².